The fourth-order valence-corrected chi connectivity index (χ4v) is 3.60. The smallest absolute Gasteiger partial charge is 0.271 e. The van der Waals surface area contributed by atoms with Gasteiger partial charge in [-0.15, -0.1) is 0 Å². The lowest BCUT2D eigenvalue weighted by Crippen LogP contribution is -2.68. The van der Waals surface area contributed by atoms with Gasteiger partial charge in [-0.3, -0.25) is 19.3 Å². The van der Waals surface area contributed by atoms with Crippen molar-refractivity contribution in [1.29, 1.82) is 0 Å². The minimum absolute atomic E-state index is 0.182. The number of fused-ring (bicyclic) bond motifs is 3. The molecule has 1 fully saturated rings. The fraction of sp³-hybridized carbons (Fsp3) is 0.167. The highest BCUT2D eigenvalue weighted by molar-refractivity contribution is 9.10. The number of amides is 3. The van der Waals surface area contributed by atoms with Crippen LogP contribution in [0.5, 0.6) is 0 Å². The van der Waals surface area contributed by atoms with E-state index in [1.54, 1.807) is 48.5 Å². The summed E-state index contributed by atoms with van der Waals surface area (Å²) in [4.78, 5) is 39.4. The molecular weight excluding hydrogens is 386 g/mol. The molecule has 7 heteroatoms. The van der Waals surface area contributed by atoms with Gasteiger partial charge in [0.05, 0.1) is 11.3 Å². The van der Waals surface area contributed by atoms with Crippen molar-refractivity contribution in [2.75, 3.05) is 10.2 Å². The first-order valence-corrected chi connectivity index (χ1v) is 8.62. The van der Waals surface area contributed by atoms with Gasteiger partial charge in [0, 0.05) is 23.0 Å². The number of carbonyl (C=O) groups excluding carboxylic acids is 3. The van der Waals surface area contributed by atoms with E-state index in [9.17, 15) is 14.4 Å². The fourth-order valence-electron chi connectivity index (χ4n) is 3.34. The number of hydrogen-bond acceptors (Lipinski definition) is 3. The summed E-state index contributed by atoms with van der Waals surface area (Å²) in [6.45, 7) is 0. The van der Waals surface area contributed by atoms with E-state index in [1.165, 1.54) is 4.90 Å². The molecule has 2 aliphatic rings. The second kappa shape index (κ2) is 5.70. The van der Waals surface area contributed by atoms with Crippen LogP contribution in [0.2, 0.25) is 0 Å². The summed E-state index contributed by atoms with van der Waals surface area (Å²) >= 11 is 3.34. The highest BCUT2D eigenvalue weighted by atomic mass is 79.9. The van der Waals surface area contributed by atoms with Crippen LogP contribution < -0.4 is 15.5 Å². The van der Waals surface area contributed by atoms with Gasteiger partial charge in [0.1, 0.15) is 0 Å². The first kappa shape index (κ1) is 15.8. The molecule has 0 bridgehead atoms. The molecule has 0 unspecified atom stereocenters. The summed E-state index contributed by atoms with van der Waals surface area (Å²) < 4.78 is 0.890. The van der Waals surface area contributed by atoms with E-state index < -0.39 is 11.6 Å². The minimum atomic E-state index is -1.39. The molecule has 0 aliphatic carbocycles. The maximum Gasteiger partial charge on any atom is 0.271 e. The van der Waals surface area contributed by atoms with E-state index in [4.69, 9.17) is 0 Å². The number of nitrogens with one attached hydrogen (secondary N) is 2. The second-order valence-electron chi connectivity index (χ2n) is 6.02. The number of rotatable bonds is 2. The van der Waals surface area contributed by atoms with E-state index >= 15 is 0 Å². The zero-order valence-corrected chi connectivity index (χ0v) is 14.7. The molecule has 25 heavy (non-hydrogen) atoms. The Morgan fingerprint density at radius 3 is 2.60 bits per heavy atom. The number of para-hydroxylation sites is 1. The molecule has 2 aromatic carbocycles. The Balaban J connectivity index is 1.74. The SMILES string of the molecule is O=C1N[C@@]2(C(=O)Nc3ccc(Br)cc3)CCC(=O)N2c2ccccc21. The van der Waals surface area contributed by atoms with Crippen LogP contribution in [0.15, 0.2) is 53.0 Å². The van der Waals surface area contributed by atoms with Crippen LogP contribution in [0.4, 0.5) is 11.4 Å². The predicted molar refractivity (Wildman–Crippen MR) is 96.1 cm³/mol. The summed E-state index contributed by atoms with van der Waals surface area (Å²) in [5, 5.41) is 5.56. The van der Waals surface area contributed by atoms with Gasteiger partial charge in [-0.2, -0.15) is 0 Å². The minimum Gasteiger partial charge on any atom is -0.322 e. The third-order valence-electron chi connectivity index (χ3n) is 4.52. The first-order valence-electron chi connectivity index (χ1n) is 7.83. The van der Waals surface area contributed by atoms with Crippen molar-refractivity contribution in [2.45, 2.75) is 18.5 Å². The molecule has 126 valence electrons. The quantitative estimate of drug-likeness (QED) is 0.814. The van der Waals surface area contributed by atoms with Gasteiger partial charge in [0.2, 0.25) is 11.6 Å². The Kier molecular flexibility index (Phi) is 3.61. The molecule has 6 nitrogen and oxygen atoms in total. The van der Waals surface area contributed by atoms with E-state index in [-0.39, 0.29) is 24.7 Å². The van der Waals surface area contributed by atoms with Crippen LogP contribution in [-0.2, 0) is 9.59 Å². The molecule has 0 spiro atoms. The van der Waals surface area contributed by atoms with Gasteiger partial charge in [0.15, 0.2) is 0 Å². The number of halogens is 1. The maximum atomic E-state index is 13.0. The monoisotopic (exact) mass is 399 g/mol. The lowest BCUT2D eigenvalue weighted by Gasteiger charge is -2.41. The first-order chi connectivity index (χ1) is 12.0. The zero-order chi connectivity index (χ0) is 17.6. The summed E-state index contributed by atoms with van der Waals surface area (Å²) in [6.07, 6.45) is 0.427. The Hall–Kier alpha value is -2.67. The van der Waals surface area contributed by atoms with Gasteiger partial charge in [-0.05, 0) is 36.4 Å². The molecule has 2 aromatic rings. The molecule has 2 aliphatic heterocycles. The van der Waals surface area contributed by atoms with Crippen molar-refractivity contribution in [1.82, 2.24) is 5.32 Å². The van der Waals surface area contributed by atoms with Crippen molar-refractivity contribution >= 4 is 45.0 Å². The van der Waals surface area contributed by atoms with Gasteiger partial charge < -0.3 is 10.6 Å². The van der Waals surface area contributed by atoms with Crippen LogP contribution in [-0.4, -0.2) is 23.4 Å². The van der Waals surface area contributed by atoms with Crippen molar-refractivity contribution in [3.8, 4) is 0 Å². The third-order valence-corrected chi connectivity index (χ3v) is 5.05. The number of anilines is 2. The van der Waals surface area contributed by atoms with Crippen molar-refractivity contribution in [3.05, 3.63) is 58.6 Å². The summed E-state index contributed by atoms with van der Waals surface area (Å²) in [5.74, 6) is -0.963. The summed E-state index contributed by atoms with van der Waals surface area (Å²) in [5.41, 5.74) is 0.0646. The molecule has 3 amide bonds. The van der Waals surface area contributed by atoms with Crippen LogP contribution in [0.1, 0.15) is 23.2 Å². The van der Waals surface area contributed by atoms with Crippen LogP contribution >= 0.6 is 15.9 Å². The van der Waals surface area contributed by atoms with E-state index in [2.05, 4.69) is 26.6 Å². The molecular formula is C18H14BrN3O3. The zero-order valence-electron chi connectivity index (χ0n) is 13.1. The highest BCUT2D eigenvalue weighted by Gasteiger charge is 2.56. The average molecular weight is 400 g/mol. The summed E-state index contributed by atoms with van der Waals surface area (Å²) in [6, 6.07) is 13.9. The second-order valence-corrected chi connectivity index (χ2v) is 6.94. The van der Waals surface area contributed by atoms with Crippen LogP contribution in [0.3, 0.4) is 0 Å². The van der Waals surface area contributed by atoms with E-state index in [0.29, 0.717) is 16.9 Å². The Morgan fingerprint density at radius 2 is 1.84 bits per heavy atom. The number of hydrogen-bond donors (Lipinski definition) is 2. The molecule has 0 radical (unpaired) electrons. The normalized spacial score (nSPS) is 21.4. The predicted octanol–water partition coefficient (Wildman–Crippen LogP) is 2.65. The molecule has 4 rings (SSSR count). The molecule has 1 saturated heterocycles. The Morgan fingerprint density at radius 1 is 1.12 bits per heavy atom. The van der Waals surface area contributed by atoms with E-state index in [1.807, 2.05) is 0 Å². The molecule has 0 aromatic heterocycles. The Labute approximate surface area is 152 Å². The average Bonchev–Trinajstić information content (AvgIpc) is 2.95. The van der Waals surface area contributed by atoms with Crippen molar-refractivity contribution < 1.29 is 14.4 Å². The van der Waals surface area contributed by atoms with Gasteiger partial charge in [-0.1, -0.05) is 28.1 Å². The molecule has 1 atom stereocenters. The number of nitrogens with zero attached hydrogens (tertiary/aromatic N) is 1. The van der Waals surface area contributed by atoms with Gasteiger partial charge >= 0.3 is 0 Å². The molecule has 2 heterocycles. The maximum absolute atomic E-state index is 13.0. The largest absolute Gasteiger partial charge is 0.322 e. The lowest BCUT2D eigenvalue weighted by atomic mass is 9.98. The summed E-state index contributed by atoms with van der Waals surface area (Å²) in [7, 11) is 0. The van der Waals surface area contributed by atoms with Gasteiger partial charge in [-0.25, -0.2) is 0 Å². The Bertz CT molecular complexity index is 897. The topological polar surface area (TPSA) is 78.5 Å². The van der Waals surface area contributed by atoms with E-state index in [0.717, 1.165) is 4.47 Å². The molecule has 2 N–H and O–H groups in total. The van der Waals surface area contributed by atoms with Crippen molar-refractivity contribution in [3.63, 3.8) is 0 Å². The van der Waals surface area contributed by atoms with Crippen LogP contribution in [0, 0.1) is 0 Å². The standard InChI is InChI=1S/C18H14BrN3O3/c19-11-5-7-12(8-6-11)20-17(25)18-10-9-15(23)22(18)14-4-2-1-3-13(14)16(24)21-18/h1-8H,9-10H2,(H,20,25)(H,21,24)/t18-/m0/s1. The highest BCUT2D eigenvalue weighted by Crippen LogP contribution is 2.39. The number of carbonyl (C=O) groups is 3. The third kappa shape index (κ3) is 2.42. The van der Waals surface area contributed by atoms with Gasteiger partial charge in [0.25, 0.3) is 11.8 Å². The molecule has 0 saturated carbocycles. The van der Waals surface area contributed by atoms with Crippen LogP contribution in [0.25, 0.3) is 0 Å². The lowest BCUT2D eigenvalue weighted by molar-refractivity contribution is -0.124. The van der Waals surface area contributed by atoms with Crippen molar-refractivity contribution in [2.24, 2.45) is 0 Å². The number of benzene rings is 2.